The Morgan fingerprint density at radius 2 is 1.79 bits per heavy atom. The molecule has 1 aromatic heterocycles. The lowest BCUT2D eigenvalue weighted by molar-refractivity contribution is -0.191. The molecular formula is C18H21ClN4O5. The molecule has 0 atom stereocenters. The predicted octanol–water partition coefficient (Wildman–Crippen LogP) is 0.148. The van der Waals surface area contributed by atoms with Gasteiger partial charge in [-0.15, -0.1) is 0 Å². The standard InChI is InChI=1S/C17H21ClN4O3.CO2/c18-17-14(5-20)22-15(6-21-4-3-19)16(17)11-2-1-10(7-23)12(8-24)13(11)9-25;2-1-3/h1-2,21-25H,3-4,6-9,19H2;. The topological polar surface area (TPSA) is 172 Å². The molecule has 0 spiro atoms. The molecule has 10 heteroatoms. The molecule has 1 heterocycles. The lowest BCUT2D eigenvalue weighted by atomic mass is 9.92. The smallest absolute Gasteiger partial charge is 0.373 e. The Morgan fingerprint density at radius 3 is 2.29 bits per heavy atom. The zero-order valence-electron chi connectivity index (χ0n) is 15.0. The summed E-state index contributed by atoms with van der Waals surface area (Å²) in [4.78, 5) is 19.2. The van der Waals surface area contributed by atoms with Gasteiger partial charge in [0.2, 0.25) is 0 Å². The van der Waals surface area contributed by atoms with Crippen molar-refractivity contribution in [2.75, 3.05) is 13.1 Å². The first kappa shape index (κ1) is 23.5. The monoisotopic (exact) mass is 408 g/mol. The molecule has 150 valence electrons. The van der Waals surface area contributed by atoms with Crippen molar-refractivity contribution in [1.29, 1.82) is 5.26 Å². The Bertz CT molecular complexity index is 870. The number of nitrogens with two attached hydrogens (primary N) is 1. The van der Waals surface area contributed by atoms with Crippen LogP contribution in [0, 0.1) is 11.3 Å². The van der Waals surface area contributed by atoms with Gasteiger partial charge in [0.25, 0.3) is 0 Å². The highest BCUT2D eigenvalue weighted by Crippen LogP contribution is 2.38. The van der Waals surface area contributed by atoms with Gasteiger partial charge in [0.05, 0.1) is 24.8 Å². The Labute approximate surface area is 166 Å². The number of H-pyrrole nitrogens is 1. The predicted molar refractivity (Wildman–Crippen MR) is 99.5 cm³/mol. The number of aromatic nitrogens is 1. The minimum atomic E-state index is -0.335. The highest BCUT2D eigenvalue weighted by Gasteiger charge is 2.22. The number of hydrogen-bond donors (Lipinski definition) is 6. The molecule has 0 aliphatic heterocycles. The summed E-state index contributed by atoms with van der Waals surface area (Å²) in [5, 5.41) is 41.6. The van der Waals surface area contributed by atoms with E-state index < -0.39 is 0 Å². The molecule has 1 aromatic carbocycles. The second-order valence-electron chi connectivity index (χ2n) is 5.53. The molecule has 0 radical (unpaired) electrons. The number of nitriles is 1. The van der Waals surface area contributed by atoms with Crippen LogP contribution in [-0.2, 0) is 36.0 Å². The second-order valence-corrected chi connectivity index (χ2v) is 5.91. The van der Waals surface area contributed by atoms with E-state index in [0.29, 0.717) is 53.1 Å². The Hall–Kier alpha value is -2.54. The number of carbonyl (C=O) groups excluding carboxylic acids is 2. The molecule has 0 amide bonds. The number of nitrogens with one attached hydrogen (secondary N) is 2. The summed E-state index contributed by atoms with van der Waals surface area (Å²) in [6.07, 6.45) is 0.250. The molecule has 0 bridgehead atoms. The van der Waals surface area contributed by atoms with Gasteiger partial charge in [0.1, 0.15) is 11.8 Å². The zero-order chi connectivity index (χ0) is 21.1. The summed E-state index contributed by atoms with van der Waals surface area (Å²) in [5.74, 6) is 0. The molecule has 2 aromatic rings. The van der Waals surface area contributed by atoms with Crippen LogP contribution in [0.3, 0.4) is 0 Å². The van der Waals surface area contributed by atoms with E-state index in [9.17, 15) is 20.6 Å². The quantitative estimate of drug-likeness (QED) is 0.335. The third-order valence-corrected chi connectivity index (χ3v) is 4.41. The fourth-order valence-corrected chi connectivity index (χ4v) is 3.14. The van der Waals surface area contributed by atoms with Crippen molar-refractivity contribution in [3.05, 3.63) is 45.2 Å². The minimum absolute atomic E-state index is 0.224. The van der Waals surface area contributed by atoms with Gasteiger partial charge in [-0.1, -0.05) is 23.7 Å². The van der Waals surface area contributed by atoms with Gasteiger partial charge >= 0.3 is 6.15 Å². The molecule has 9 nitrogen and oxygen atoms in total. The Balaban J connectivity index is 0.00000122. The van der Waals surface area contributed by atoms with E-state index in [0.717, 1.165) is 0 Å². The Morgan fingerprint density at radius 1 is 1.14 bits per heavy atom. The van der Waals surface area contributed by atoms with Crippen molar-refractivity contribution in [3.63, 3.8) is 0 Å². The van der Waals surface area contributed by atoms with Gasteiger partial charge in [-0.2, -0.15) is 14.9 Å². The molecule has 0 saturated carbocycles. The van der Waals surface area contributed by atoms with Crippen LogP contribution in [0.2, 0.25) is 5.02 Å². The summed E-state index contributed by atoms with van der Waals surface area (Å²) >= 11 is 6.38. The second kappa shape index (κ2) is 12.0. The third-order valence-electron chi connectivity index (χ3n) is 4.04. The fourth-order valence-electron chi connectivity index (χ4n) is 2.83. The summed E-state index contributed by atoms with van der Waals surface area (Å²) in [6, 6.07) is 5.41. The highest BCUT2D eigenvalue weighted by molar-refractivity contribution is 6.34. The van der Waals surface area contributed by atoms with Crippen LogP contribution in [-0.4, -0.2) is 39.5 Å². The first-order chi connectivity index (χ1) is 13.5. The van der Waals surface area contributed by atoms with Gasteiger partial charge in [-0.25, -0.2) is 0 Å². The SMILES string of the molecule is N#Cc1[nH]c(CNCCN)c(-c2ccc(CO)c(CO)c2CO)c1Cl.O=C=O. The number of aliphatic hydroxyl groups is 3. The molecule has 0 saturated heterocycles. The van der Waals surface area contributed by atoms with Crippen molar-refractivity contribution in [1.82, 2.24) is 10.3 Å². The average Bonchev–Trinajstić information content (AvgIpc) is 3.02. The number of halogens is 1. The number of hydrogen-bond acceptors (Lipinski definition) is 8. The van der Waals surface area contributed by atoms with Gasteiger partial charge in [-0.3, -0.25) is 0 Å². The van der Waals surface area contributed by atoms with E-state index in [1.165, 1.54) is 0 Å². The maximum Gasteiger partial charge on any atom is 0.373 e. The molecule has 0 unspecified atom stereocenters. The fraction of sp³-hybridized carbons (Fsp3) is 0.333. The normalized spacial score (nSPS) is 10.0. The summed E-state index contributed by atoms with van der Waals surface area (Å²) in [6.45, 7) is 0.561. The van der Waals surface area contributed by atoms with Crippen molar-refractivity contribution in [3.8, 4) is 17.2 Å². The number of nitrogens with zero attached hydrogens (tertiary/aromatic N) is 1. The molecular weight excluding hydrogens is 388 g/mol. The van der Waals surface area contributed by atoms with Crippen molar-refractivity contribution in [2.45, 2.75) is 26.4 Å². The maximum atomic E-state index is 9.83. The van der Waals surface area contributed by atoms with Gasteiger partial charge < -0.3 is 31.4 Å². The van der Waals surface area contributed by atoms with E-state index >= 15 is 0 Å². The van der Waals surface area contributed by atoms with E-state index in [2.05, 4.69) is 10.3 Å². The molecule has 2 rings (SSSR count). The van der Waals surface area contributed by atoms with Crippen molar-refractivity contribution in [2.24, 2.45) is 5.73 Å². The van der Waals surface area contributed by atoms with Crippen LogP contribution in [0.15, 0.2) is 12.1 Å². The number of rotatable bonds is 8. The first-order valence-corrected chi connectivity index (χ1v) is 8.59. The summed E-state index contributed by atoms with van der Waals surface area (Å²) in [5.41, 5.74) is 9.05. The number of aromatic amines is 1. The number of benzene rings is 1. The average molecular weight is 409 g/mol. The highest BCUT2D eigenvalue weighted by atomic mass is 35.5. The molecule has 28 heavy (non-hydrogen) atoms. The summed E-state index contributed by atoms with van der Waals surface area (Å²) in [7, 11) is 0. The third kappa shape index (κ3) is 5.25. The van der Waals surface area contributed by atoms with E-state index in [1.807, 2.05) is 6.07 Å². The van der Waals surface area contributed by atoms with Crippen LogP contribution in [0.4, 0.5) is 0 Å². The van der Waals surface area contributed by atoms with Gasteiger partial charge in [0, 0.05) is 30.9 Å². The van der Waals surface area contributed by atoms with Crippen LogP contribution >= 0.6 is 11.6 Å². The van der Waals surface area contributed by atoms with E-state index in [4.69, 9.17) is 26.9 Å². The zero-order valence-corrected chi connectivity index (χ0v) is 15.7. The number of aliphatic hydroxyl groups excluding tert-OH is 3. The van der Waals surface area contributed by atoms with Crippen LogP contribution in [0.1, 0.15) is 28.1 Å². The molecule has 7 N–H and O–H groups in total. The largest absolute Gasteiger partial charge is 0.392 e. The lowest BCUT2D eigenvalue weighted by Gasteiger charge is -2.16. The van der Waals surface area contributed by atoms with Gasteiger partial charge in [-0.05, 0) is 22.3 Å². The summed E-state index contributed by atoms with van der Waals surface area (Å²) < 4.78 is 0. The maximum absolute atomic E-state index is 9.83. The van der Waals surface area contributed by atoms with E-state index in [-0.39, 0.29) is 36.7 Å². The van der Waals surface area contributed by atoms with E-state index in [1.54, 1.807) is 12.1 Å². The minimum Gasteiger partial charge on any atom is -0.392 e. The first-order valence-electron chi connectivity index (χ1n) is 8.21. The molecule has 0 aliphatic rings. The molecule has 0 aliphatic carbocycles. The Kier molecular flexibility index (Phi) is 10.1. The van der Waals surface area contributed by atoms with Crippen LogP contribution in [0.25, 0.3) is 11.1 Å². The van der Waals surface area contributed by atoms with Gasteiger partial charge in [0.15, 0.2) is 0 Å². The van der Waals surface area contributed by atoms with Crippen LogP contribution in [0.5, 0.6) is 0 Å². The van der Waals surface area contributed by atoms with Crippen LogP contribution < -0.4 is 11.1 Å². The van der Waals surface area contributed by atoms with Crippen molar-refractivity contribution >= 4 is 17.8 Å². The lowest BCUT2D eigenvalue weighted by Crippen LogP contribution is -2.22. The van der Waals surface area contributed by atoms with Crippen molar-refractivity contribution < 1.29 is 24.9 Å². The molecule has 0 fully saturated rings.